The molecule has 0 aliphatic carbocycles. The monoisotopic (exact) mass is 393 g/mol. The van der Waals surface area contributed by atoms with Gasteiger partial charge in [-0.3, -0.25) is 9.48 Å². The van der Waals surface area contributed by atoms with Gasteiger partial charge in [-0.1, -0.05) is 47.7 Å². The van der Waals surface area contributed by atoms with Crippen LogP contribution in [0.3, 0.4) is 0 Å². The zero-order valence-corrected chi connectivity index (χ0v) is 16.2. The maximum atomic E-state index is 14.0. The molecule has 0 unspecified atom stereocenters. The molecule has 1 saturated heterocycles. The number of aryl methyl sites for hydroxylation is 2. The maximum absolute atomic E-state index is 14.0. The SMILES string of the molecule is O=C(c1cn(CCCc2ccccc2)nn1)N1CCN(c2ccccc2F)CC1. The molecule has 0 atom stereocenters. The highest BCUT2D eigenvalue weighted by Crippen LogP contribution is 2.20. The van der Waals surface area contributed by atoms with E-state index in [0.717, 1.165) is 19.4 Å². The van der Waals surface area contributed by atoms with Crippen LogP contribution in [0.1, 0.15) is 22.5 Å². The zero-order chi connectivity index (χ0) is 20.1. The van der Waals surface area contributed by atoms with Crippen LogP contribution < -0.4 is 4.90 Å². The topological polar surface area (TPSA) is 54.3 Å². The summed E-state index contributed by atoms with van der Waals surface area (Å²) in [5, 5.41) is 8.15. The number of halogens is 1. The van der Waals surface area contributed by atoms with Gasteiger partial charge < -0.3 is 9.80 Å². The molecule has 3 aromatic rings. The molecule has 0 N–H and O–H groups in total. The number of nitrogens with zero attached hydrogens (tertiary/aromatic N) is 5. The minimum atomic E-state index is -0.231. The van der Waals surface area contributed by atoms with Crippen LogP contribution in [0.5, 0.6) is 0 Å². The Labute approximate surface area is 169 Å². The summed E-state index contributed by atoms with van der Waals surface area (Å²) in [6, 6.07) is 17.0. The van der Waals surface area contributed by atoms with Crippen LogP contribution in [0.15, 0.2) is 60.8 Å². The second-order valence-corrected chi connectivity index (χ2v) is 7.19. The van der Waals surface area contributed by atoms with Crippen molar-refractivity contribution in [1.29, 1.82) is 0 Å². The number of hydrogen-bond donors (Lipinski definition) is 0. The Kier molecular flexibility index (Phi) is 5.84. The molecule has 1 amide bonds. The van der Waals surface area contributed by atoms with Gasteiger partial charge in [0.15, 0.2) is 5.69 Å². The second kappa shape index (κ2) is 8.86. The van der Waals surface area contributed by atoms with E-state index >= 15 is 0 Å². The smallest absolute Gasteiger partial charge is 0.276 e. The van der Waals surface area contributed by atoms with Crippen molar-refractivity contribution in [3.63, 3.8) is 0 Å². The lowest BCUT2D eigenvalue weighted by atomic mass is 10.1. The van der Waals surface area contributed by atoms with Crippen molar-refractivity contribution >= 4 is 11.6 Å². The fourth-order valence-electron chi connectivity index (χ4n) is 3.62. The van der Waals surface area contributed by atoms with Crippen molar-refractivity contribution in [3.8, 4) is 0 Å². The first kappa shape index (κ1) is 19.1. The first-order valence-electron chi connectivity index (χ1n) is 9.93. The highest BCUT2D eigenvalue weighted by atomic mass is 19.1. The van der Waals surface area contributed by atoms with E-state index in [1.165, 1.54) is 11.6 Å². The van der Waals surface area contributed by atoms with Crippen LogP contribution in [0.4, 0.5) is 10.1 Å². The number of benzene rings is 2. The second-order valence-electron chi connectivity index (χ2n) is 7.19. The number of aromatic nitrogens is 3. The van der Waals surface area contributed by atoms with Gasteiger partial charge in [0.05, 0.1) is 11.9 Å². The Morgan fingerprint density at radius 3 is 2.45 bits per heavy atom. The van der Waals surface area contributed by atoms with Crippen LogP contribution in [0, 0.1) is 5.82 Å². The normalized spacial score (nSPS) is 14.2. The molecule has 150 valence electrons. The molecule has 1 aromatic heterocycles. The number of amides is 1. The Bertz CT molecular complexity index is 951. The van der Waals surface area contributed by atoms with Gasteiger partial charge >= 0.3 is 0 Å². The van der Waals surface area contributed by atoms with Gasteiger partial charge in [0.25, 0.3) is 5.91 Å². The van der Waals surface area contributed by atoms with Gasteiger partial charge in [-0.05, 0) is 30.5 Å². The van der Waals surface area contributed by atoms with Crippen molar-refractivity contribution in [1.82, 2.24) is 19.9 Å². The molecule has 0 bridgehead atoms. The number of carbonyl (C=O) groups excluding carboxylic acids is 1. The number of rotatable bonds is 6. The van der Waals surface area contributed by atoms with Crippen molar-refractivity contribution in [2.45, 2.75) is 19.4 Å². The lowest BCUT2D eigenvalue weighted by molar-refractivity contribution is 0.0740. The summed E-state index contributed by atoms with van der Waals surface area (Å²) in [5.74, 6) is -0.349. The predicted molar refractivity (Wildman–Crippen MR) is 109 cm³/mol. The highest BCUT2D eigenvalue weighted by Gasteiger charge is 2.25. The van der Waals surface area contributed by atoms with Crippen LogP contribution in [0.25, 0.3) is 0 Å². The minimum absolute atomic E-state index is 0.118. The molecular weight excluding hydrogens is 369 g/mol. The van der Waals surface area contributed by atoms with Gasteiger partial charge in [0.2, 0.25) is 0 Å². The van der Waals surface area contributed by atoms with Crippen molar-refractivity contribution < 1.29 is 9.18 Å². The molecule has 4 rings (SSSR count). The Balaban J connectivity index is 1.29. The first-order chi connectivity index (χ1) is 14.2. The van der Waals surface area contributed by atoms with Crippen molar-refractivity contribution in [3.05, 3.63) is 77.9 Å². The van der Waals surface area contributed by atoms with Crippen LogP contribution in [-0.4, -0.2) is 52.0 Å². The summed E-state index contributed by atoms with van der Waals surface area (Å²) in [6.07, 6.45) is 3.61. The third kappa shape index (κ3) is 4.62. The number of hydrogen-bond acceptors (Lipinski definition) is 4. The average Bonchev–Trinajstić information content (AvgIpc) is 3.23. The van der Waals surface area contributed by atoms with E-state index in [1.807, 2.05) is 29.2 Å². The number of para-hydroxylation sites is 1. The number of carbonyl (C=O) groups is 1. The highest BCUT2D eigenvalue weighted by molar-refractivity contribution is 5.92. The Hall–Kier alpha value is -3.22. The minimum Gasteiger partial charge on any atom is -0.366 e. The van der Waals surface area contributed by atoms with E-state index in [1.54, 1.807) is 27.9 Å². The largest absolute Gasteiger partial charge is 0.366 e. The quantitative estimate of drug-likeness (QED) is 0.646. The zero-order valence-electron chi connectivity index (χ0n) is 16.2. The molecule has 1 fully saturated rings. The molecule has 7 heteroatoms. The standard InChI is InChI=1S/C22H24FN5O/c23-19-10-4-5-11-21(19)26-13-15-27(16-14-26)22(29)20-17-28(25-24-20)12-6-9-18-7-2-1-3-8-18/h1-5,7-8,10-11,17H,6,9,12-16H2. The Morgan fingerprint density at radius 1 is 0.966 bits per heavy atom. The van der Waals surface area contributed by atoms with Crippen LogP contribution in [-0.2, 0) is 13.0 Å². The lowest BCUT2D eigenvalue weighted by Gasteiger charge is -2.35. The third-order valence-corrected chi connectivity index (χ3v) is 5.21. The van der Waals surface area contributed by atoms with E-state index in [2.05, 4.69) is 22.4 Å². The summed E-state index contributed by atoms with van der Waals surface area (Å²) in [7, 11) is 0. The number of anilines is 1. The predicted octanol–water partition coefficient (Wildman–Crippen LogP) is 3.01. The molecule has 1 aliphatic rings. The molecule has 2 aromatic carbocycles. The fraction of sp³-hybridized carbons (Fsp3) is 0.318. The third-order valence-electron chi connectivity index (χ3n) is 5.21. The van der Waals surface area contributed by atoms with Gasteiger partial charge in [-0.25, -0.2) is 4.39 Å². The van der Waals surface area contributed by atoms with Gasteiger partial charge in [0.1, 0.15) is 5.82 Å². The van der Waals surface area contributed by atoms with Gasteiger partial charge in [0, 0.05) is 32.7 Å². The average molecular weight is 393 g/mol. The van der Waals surface area contributed by atoms with E-state index < -0.39 is 0 Å². The molecule has 0 saturated carbocycles. The summed E-state index contributed by atoms with van der Waals surface area (Å²) in [4.78, 5) is 16.5. The van der Waals surface area contributed by atoms with Gasteiger partial charge in [-0.2, -0.15) is 0 Å². The van der Waals surface area contributed by atoms with E-state index in [4.69, 9.17) is 0 Å². The van der Waals surface area contributed by atoms with E-state index in [9.17, 15) is 9.18 Å². The molecular formula is C22H24FN5O. The fourth-order valence-corrected chi connectivity index (χ4v) is 3.62. The van der Waals surface area contributed by atoms with Crippen LogP contribution >= 0.6 is 0 Å². The lowest BCUT2D eigenvalue weighted by Crippen LogP contribution is -2.49. The molecule has 29 heavy (non-hydrogen) atoms. The first-order valence-corrected chi connectivity index (χ1v) is 9.93. The Morgan fingerprint density at radius 2 is 1.69 bits per heavy atom. The molecule has 0 spiro atoms. The maximum Gasteiger partial charge on any atom is 0.276 e. The van der Waals surface area contributed by atoms with E-state index in [-0.39, 0.29) is 11.7 Å². The summed E-state index contributed by atoms with van der Waals surface area (Å²) < 4.78 is 15.7. The summed E-state index contributed by atoms with van der Waals surface area (Å²) >= 11 is 0. The molecule has 0 radical (unpaired) electrons. The van der Waals surface area contributed by atoms with Crippen molar-refractivity contribution in [2.75, 3.05) is 31.1 Å². The summed E-state index contributed by atoms with van der Waals surface area (Å²) in [5.41, 5.74) is 2.24. The van der Waals surface area contributed by atoms with E-state index in [0.29, 0.717) is 37.6 Å². The number of piperazine rings is 1. The molecule has 6 nitrogen and oxygen atoms in total. The molecule has 2 heterocycles. The van der Waals surface area contributed by atoms with Crippen molar-refractivity contribution in [2.24, 2.45) is 0 Å². The van der Waals surface area contributed by atoms with Gasteiger partial charge in [-0.15, -0.1) is 5.10 Å². The molecule has 1 aliphatic heterocycles. The summed E-state index contributed by atoms with van der Waals surface area (Å²) in [6.45, 7) is 2.98. The van der Waals surface area contributed by atoms with Crippen LogP contribution in [0.2, 0.25) is 0 Å².